The first-order valence-corrected chi connectivity index (χ1v) is 13.7. The lowest BCUT2D eigenvalue weighted by atomic mass is 10.1. The first kappa shape index (κ1) is 28.4. The molecule has 1 aliphatic heterocycles. The van der Waals surface area contributed by atoms with Gasteiger partial charge in [0.05, 0.1) is 16.8 Å². The normalized spacial score (nSPS) is 13.1. The fourth-order valence-electron chi connectivity index (χ4n) is 4.62. The van der Waals surface area contributed by atoms with E-state index < -0.39 is 0 Å². The Morgan fingerprint density at radius 2 is 1.74 bits per heavy atom. The van der Waals surface area contributed by atoms with Crippen LogP contribution in [0, 0.1) is 6.92 Å². The summed E-state index contributed by atoms with van der Waals surface area (Å²) in [5, 5.41) is 8.70. The predicted octanol–water partition coefficient (Wildman–Crippen LogP) is 5.54. The molecule has 42 heavy (non-hydrogen) atoms. The number of benzene rings is 3. The Hall–Kier alpha value is -5.15. The summed E-state index contributed by atoms with van der Waals surface area (Å²) in [6.45, 7) is 3.42. The maximum Gasteiger partial charge on any atom is 0.256 e. The Balaban J connectivity index is 1.24. The van der Waals surface area contributed by atoms with E-state index in [2.05, 4.69) is 25.8 Å². The van der Waals surface area contributed by atoms with E-state index in [1.165, 1.54) is 0 Å². The lowest BCUT2D eigenvalue weighted by Gasteiger charge is -2.10. The molecule has 3 amide bonds. The van der Waals surface area contributed by atoms with E-state index in [-0.39, 0.29) is 17.7 Å². The fourth-order valence-corrected chi connectivity index (χ4v) is 4.62. The molecule has 0 fully saturated rings. The molecule has 9 heteroatoms. The molecule has 4 N–H and O–H groups in total. The van der Waals surface area contributed by atoms with Crippen LogP contribution in [0.3, 0.4) is 0 Å². The Morgan fingerprint density at radius 1 is 0.929 bits per heavy atom. The third-order valence-electron chi connectivity index (χ3n) is 6.72. The summed E-state index contributed by atoms with van der Waals surface area (Å²) in [6, 6.07) is 21.6. The molecule has 1 aromatic heterocycles. The predicted molar refractivity (Wildman–Crippen MR) is 165 cm³/mol. The summed E-state index contributed by atoms with van der Waals surface area (Å²) >= 11 is 0. The molecule has 0 bridgehead atoms. The molecule has 214 valence electrons. The van der Waals surface area contributed by atoms with Crippen LogP contribution in [0.1, 0.15) is 44.0 Å². The number of nitrogens with zero attached hydrogens (tertiary/aromatic N) is 1. The second-order valence-electron chi connectivity index (χ2n) is 10.4. The number of hydrogen-bond acceptors (Lipinski definition) is 5. The molecule has 1 aliphatic rings. The standard InChI is InChI=1S/C33H33N5O4/c1-21-7-4-8-22(15-21)32(40)36-24-9-5-10-26(17-24)42-27-11-12-28-29(33(41)37-30(28)19-27)18-25-16-23(20-35-25)31(39)34-13-6-14-38(2)3/h4-5,7-12,15-20,35H,6,13-14H2,1-3H3,(H,34,39)(H,36,40)(H,37,41)/b29-18-. The molecule has 0 saturated heterocycles. The highest BCUT2D eigenvalue weighted by atomic mass is 16.5. The number of aromatic nitrogens is 1. The highest BCUT2D eigenvalue weighted by molar-refractivity contribution is 6.35. The molecule has 9 nitrogen and oxygen atoms in total. The van der Waals surface area contributed by atoms with Crippen LogP contribution < -0.4 is 20.7 Å². The Bertz CT molecular complexity index is 1670. The number of fused-ring (bicyclic) bond motifs is 1. The van der Waals surface area contributed by atoms with Gasteiger partial charge in [0.25, 0.3) is 17.7 Å². The van der Waals surface area contributed by atoms with E-state index in [0.29, 0.717) is 51.8 Å². The number of anilines is 2. The zero-order chi connectivity index (χ0) is 29.6. The zero-order valence-electron chi connectivity index (χ0n) is 23.8. The van der Waals surface area contributed by atoms with Gasteiger partial charge in [-0.3, -0.25) is 14.4 Å². The van der Waals surface area contributed by atoms with Gasteiger partial charge in [0.1, 0.15) is 11.5 Å². The summed E-state index contributed by atoms with van der Waals surface area (Å²) in [5.74, 6) is 0.464. The third kappa shape index (κ3) is 6.94. The molecular weight excluding hydrogens is 530 g/mol. The number of hydrogen-bond donors (Lipinski definition) is 4. The number of H-pyrrole nitrogens is 1. The monoisotopic (exact) mass is 563 g/mol. The Morgan fingerprint density at radius 3 is 2.55 bits per heavy atom. The number of carbonyl (C=O) groups is 3. The van der Waals surface area contributed by atoms with Crippen molar-refractivity contribution in [1.29, 1.82) is 0 Å². The first-order chi connectivity index (χ1) is 20.2. The average Bonchev–Trinajstić information content (AvgIpc) is 3.55. The van der Waals surface area contributed by atoms with Gasteiger partial charge in [-0.1, -0.05) is 23.8 Å². The van der Waals surface area contributed by atoms with Gasteiger partial charge in [0.15, 0.2) is 0 Å². The van der Waals surface area contributed by atoms with Gasteiger partial charge in [0.2, 0.25) is 0 Å². The minimum Gasteiger partial charge on any atom is -0.457 e. The van der Waals surface area contributed by atoms with Crippen molar-refractivity contribution in [3.8, 4) is 11.5 Å². The molecule has 0 spiro atoms. The number of nitrogens with one attached hydrogen (secondary N) is 4. The zero-order valence-corrected chi connectivity index (χ0v) is 23.8. The molecule has 0 saturated carbocycles. The molecular formula is C33H33N5O4. The van der Waals surface area contributed by atoms with Crippen molar-refractivity contribution in [1.82, 2.24) is 15.2 Å². The number of aromatic amines is 1. The van der Waals surface area contributed by atoms with Crippen LogP contribution in [0.2, 0.25) is 0 Å². The van der Waals surface area contributed by atoms with Crippen LogP contribution in [0.5, 0.6) is 11.5 Å². The average molecular weight is 564 g/mol. The molecule has 0 unspecified atom stereocenters. The van der Waals surface area contributed by atoms with Crippen molar-refractivity contribution < 1.29 is 19.1 Å². The van der Waals surface area contributed by atoms with Crippen molar-refractivity contribution in [3.05, 3.63) is 107 Å². The highest BCUT2D eigenvalue weighted by Gasteiger charge is 2.25. The van der Waals surface area contributed by atoms with Crippen molar-refractivity contribution in [2.45, 2.75) is 13.3 Å². The molecule has 0 atom stereocenters. The van der Waals surface area contributed by atoms with E-state index in [0.717, 1.165) is 24.1 Å². The van der Waals surface area contributed by atoms with Crippen molar-refractivity contribution >= 4 is 40.7 Å². The number of rotatable bonds is 10. The lowest BCUT2D eigenvalue weighted by Crippen LogP contribution is -2.26. The topological polar surface area (TPSA) is 116 Å². The van der Waals surface area contributed by atoms with Gasteiger partial charge in [-0.15, -0.1) is 0 Å². The maximum atomic E-state index is 12.8. The van der Waals surface area contributed by atoms with Gasteiger partial charge in [0, 0.05) is 47.4 Å². The maximum absolute atomic E-state index is 12.8. The largest absolute Gasteiger partial charge is 0.457 e. The second-order valence-corrected chi connectivity index (χ2v) is 10.4. The highest BCUT2D eigenvalue weighted by Crippen LogP contribution is 2.37. The molecule has 0 radical (unpaired) electrons. The van der Waals surface area contributed by atoms with Crippen molar-refractivity contribution in [3.63, 3.8) is 0 Å². The number of aryl methyl sites for hydroxylation is 1. The Kier molecular flexibility index (Phi) is 8.50. The number of carbonyl (C=O) groups excluding carboxylic acids is 3. The molecule has 4 aromatic rings. The van der Waals surface area contributed by atoms with Crippen LogP contribution in [-0.2, 0) is 4.79 Å². The lowest BCUT2D eigenvalue weighted by molar-refractivity contribution is -0.110. The molecule has 3 aromatic carbocycles. The van der Waals surface area contributed by atoms with Gasteiger partial charge < -0.3 is 30.6 Å². The van der Waals surface area contributed by atoms with E-state index in [4.69, 9.17) is 4.74 Å². The summed E-state index contributed by atoms with van der Waals surface area (Å²) < 4.78 is 6.05. The van der Waals surface area contributed by atoms with Crippen LogP contribution in [-0.4, -0.2) is 54.8 Å². The van der Waals surface area contributed by atoms with E-state index in [1.807, 2.05) is 45.3 Å². The molecule has 0 aliphatic carbocycles. The van der Waals surface area contributed by atoms with Gasteiger partial charge in [-0.05, 0) is 82.5 Å². The Labute approximate surface area is 244 Å². The van der Waals surface area contributed by atoms with Crippen LogP contribution in [0.15, 0.2) is 79.0 Å². The van der Waals surface area contributed by atoms with E-state index in [9.17, 15) is 14.4 Å². The molecule has 5 rings (SSSR count). The minimum atomic E-state index is -0.243. The minimum absolute atomic E-state index is 0.161. The first-order valence-electron chi connectivity index (χ1n) is 13.7. The molecule has 2 heterocycles. The van der Waals surface area contributed by atoms with Gasteiger partial charge in [-0.2, -0.15) is 0 Å². The summed E-state index contributed by atoms with van der Waals surface area (Å²) in [5.41, 5.74) is 5.18. The fraction of sp³-hybridized carbons (Fsp3) is 0.182. The van der Waals surface area contributed by atoms with Crippen LogP contribution >= 0.6 is 0 Å². The number of ether oxygens (including phenoxy) is 1. The van der Waals surface area contributed by atoms with Crippen molar-refractivity contribution in [2.75, 3.05) is 37.8 Å². The summed E-state index contributed by atoms with van der Waals surface area (Å²) in [6.07, 6.45) is 4.22. The van der Waals surface area contributed by atoms with E-state index >= 15 is 0 Å². The SMILES string of the molecule is Cc1cccc(C(=O)Nc2cccc(Oc3ccc4c(c3)NC(=O)/C4=C\c3cc(C(=O)NCCCN(C)C)c[nH]3)c2)c1. The van der Waals surface area contributed by atoms with Gasteiger partial charge >= 0.3 is 0 Å². The number of amides is 3. The summed E-state index contributed by atoms with van der Waals surface area (Å²) in [4.78, 5) is 43.0. The summed E-state index contributed by atoms with van der Waals surface area (Å²) in [7, 11) is 3.99. The quantitative estimate of drug-likeness (QED) is 0.149. The second kappa shape index (κ2) is 12.6. The van der Waals surface area contributed by atoms with Crippen LogP contribution in [0.25, 0.3) is 11.6 Å². The van der Waals surface area contributed by atoms with Crippen LogP contribution in [0.4, 0.5) is 11.4 Å². The van der Waals surface area contributed by atoms with Crippen molar-refractivity contribution in [2.24, 2.45) is 0 Å². The van der Waals surface area contributed by atoms with Gasteiger partial charge in [-0.25, -0.2) is 0 Å². The van der Waals surface area contributed by atoms with E-state index in [1.54, 1.807) is 60.8 Å². The smallest absolute Gasteiger partial charge is 0.256 e. The third-order valence-corrected chi connectivity index (χ3v) is 6.72.